The standard InChI is InChI=1S/C15H21NO2/c1-5-18-14-9-7-6-8-13(14)11-16(4)15(17)10-12(2)3/h6-10H,5,11H2,1-4H3. The highest BCUT2D eigenvalue weighted by Gasteiger charge is 2.09. The molecule has 0 aliphatic rings. The topological polar surface area (TPSA) is 29.5 Å². The predicted octanol–water partition coefficient (Wildman–Crippen LogP) is 3.01. The van der Waals surface area contributed by atoms with E-state index in [0.717, 1.165) is 16.9 Å². The van der Waals surface area contributed by atoms with Crippen LogP contribution in [0.1, 0.15) is 26.3 Å². The number of likely N-dealkylation sites (N-methyl/N-ethyl adjacent to an activating group) is 1. The van der Waals surface area contributed by atoms with Gasteiger partial charge >= 0.3 is 0 Å². The molecular weight excluding hydrogens is 226 g/mol. The minimum absolute atomic E-state index is 0.0151. The van der Waals surface area contributed by atoms with Gasteiger partial charge in [0.1, 0.15) is 5.75 Å². The summed E-state index contributed by atoms with van der Waals surface area (Å²) >= 11 is 0. The van der Waals surface area contributed by atoms with Crippen LogP contribution < -0.4 is 4.74 Å². The first kappa shape index (κ1) is 14.3. The Morgan fingerprint density at radius 1 is 1.33 bits per heavy atom. The van der Waals surface area contributed by atoms with Crippen LogP contribution in [-0.2, 0) is 11.3 Å². The van der Waals surface area contributed by atoms with Crippen LogP contribution in [0.15, 0.2) is 35.9 Å². The molecule has 0 aliphatic carbocycles. The molecule has 0 fully saturated rings. The summed E-state index contributed by atoms with van der Waals surface area (Å²) in [6.45, 7) is 6.97. The van der Waals surface area contributed by atoms with Gasteiger partial charge in [-0.1, -0.05) is 23.8 Å². The molecule has 0 aliphatic heterocycles. The van der Waals surface area contributed by atoms with Gasteiger partial charge in [0.2, 0.25) is 5.91 Å². The summed E-state index contributed by atoms with van der Waals surface area (Å²) in [6, 6.07) is 7.80. The van der Waals surface area contributed by atoms with Crippen LogP contribution in [-0.4, -0.2) is 24.5 Å². The molecule has 0 saturated heterocycles. The van der Waals surface area contributed by atoms with Crippen molar-refractivity contribution in [3.05, 3.63) is 41.5 Å². The van der Waals surface area contributed by atoms with E-state index >= 15 is 0 Å². The highest BCUT2D eigenvalue weighted by molar-refractivity contribution is 5.87. The molecule has 98 valence electrons. The highest BCUT2D eigenvalue weighted by atomic mass is 16.5. The smallest absolute Gasteiger partial charge is 0.246 e. The third-order valence-electron chi connectivity index (χ3n) is 2.47. The SMILES string of the molecule is CCOc1ccccc1CN(C)C(=O)C=C(C)C. The van der Waals surface area contributed by atoms with E-state index in [0.29, 0.717) is 13.2 Å². The lowest BCUT2D eigenvalue weighted by Crippen LogP contribution is -2.24. The second kappa shape index (κ2) is 6.84. The number of rotatable bonds is 5. The van der Waals surface area contributed by atoms with E-state index in [2.05, 4.69) is 0 Å². The zero-order chi connectivity index (χ0) is 13.5. The molecule has 0 bridgehead atoms. The first-order valence-electron chi connectivity index (χ1n) is 6.15. The van der Waals surface area contributed by atoms with E-state index in [-0.39, 0.29) is 5.91 Å². The Bertz CT molecular complexity index is 434. The fourth-order valence-electron chi connectivity index (χ4n) is 1.62. The quantitative estimate of drug-likeness (QED) is 0.749. The van der Waals surface area contributed by atoms with Crippen LogP contribution in [0.5, 0.6) is 5.75 Å². The Morgan fingerprint density at radius 2 is 2.00 bits per heavy atom. The molecule has 0 unspecified atom stereocenters. The predicted molar refractivity (Wildman–Crippen MR) is 73.5 cm³/mol. The van der Waals surface area contributed by atoms with Crippen molar-refractivity contribution in [3.8, 4) is 5.75 Å². The summed E-state index contributed by atoms with van der Waals surface area (Å²) in [4.78, 5) is 13.5. The number of allylic oxidation sites excluding steroid dienone is 1. The van der Waals surface area contributed by atoms with Gasteiger partial charge in [-0.2, -0.15) is 0 Å². The fraction of sp³-hybridized carbons (Fsp3) is 0.400. The van der Waals surface area contributed by atoms with Gasteiger partial charge < -0.3 is 9.64 Å². The maximum atomic E-state index is 11.8. The van der Waals surface area contributed by atoms with Crippen molar-refractivity contribution in [1.82, 2.24) is 4.90 Å². The van der Waals surface area contributed by atoms with Gasteiger partial charge in [-0.15, -0.1) is 0 Å². The lowest BCUT2D eigenvalue weighted by molar-refractivity contribution is -0.125. The molecule has 0 aromatic heterocycles. The maximum Gasteiger partial charge on any atom is 0.246 e. The van der Waals surface area contributed by atoms with Gasteiger partial charge in [-0.05, 0) is 26.8 Å². The van der Waals surface area contributed by atoms with Crippen molar-refractivity contribution in [2.75, 3.05) is 13.7 Å². The van der Waals surface area contributed by atoms with Crippen LogP contribution in [0, 0.1) is 0 Å². The second-order valence-corrected chi connectivity index (χ2v) is 4.46. The van der Waals surface area contributed by atoms with E-state index in [9.17, 15) is 4.79 Å². The summed E-state index contributed by atoms with van der Waals surface area (Å²) < 4.78 is 5.55. The van der Waals surface area contributed by atoms with Gasteiger partial charge in [0.15, 0.2) is 0 Å². The normalized spacial score (nSPS) is 9.78. The molecule has 1 amide bonds. The number of amides is 1. The Hall–Kier alpha value is -1.77. The molecule has 0 heterocycles. The van der Waals surface area contributed by atoms with Crippen LogP contribution in [0.3, 0.4) is 0 Å². The van der Waals surface area contributed by atoms with Gasteiger partial charge in [0.05, 0.1) is 6.61 Å². The largest absolute Gasteiger partial charge is 0.494 e. The molecule has 0 N–H and O–H groups in total. The molecular formula is C15H21NO2. The molecule has 0 saturated carbocycles. The molecule has 3 nitrogen and oxygen atoms in total. The summed E-state index contributed by atoms with van der Waals surface area (Å²) in [5.74, 6) is 0.859. The van der Waals surface area contributed by atoms with Crippen molar-refractivity contribution < 1.29 is 9.53 Å². The van der Waals surface area contributed by atoms with Crippen molar-refractivity contribution in [1.29, 1.82) is 0 Å². The monoisotopic (exact) mass is 247 g/mol. The number of carbonyl (C=O) groups is 1. The highest BCUT2D eigenvalue weighted by Crippen LogP contribution is 2.19. The molecule has 18 heavy (non-hydrogen) atoms. The van der Waals surface area contributed by atoms with Gasteiger partial charge in [0.25, 0.3) is 0 Å². The van der Waals surface area contributed by atoms with Crippen molar-refractivity contribution in [2.45, 2.75) is 27.3 Å². The van der Waals surface area contributed by atoms with Gasteiger partial charge in [-0.3, -0.25) is 4.79 Å². The second-order valence-electron chi connectivity index (χ2n) is 4.46. The number of hydrogen-bond donors (Lipinski definition) is 0. The molecule has 1 rings (SSSR count). The number of hydrogen-bond acceptors (Lipinski definition) is 2. The molecule has 1 aromatic rings. The molecule has 0 radical (unpaired) electrons. The Morgan fingerprint density at radius 3 is 2.61 bits per heavy atom. The van der Waals surface area contributed by atoms with Crippen LogP contribution in [0.25, 0.3) is 0 Å². The van der Waals surface area contributed by atoms with E-state index in [1.807, 2.05) is 45.0 Å². The maximum absolute atomic E-state index is 11.8. The van der Waals surface area contributed by atoms with Crippen molar-refractivity contribution in [2.24, 2.45) is 0 Å². The average molecular weight is 247 g/mol. The van der Waals surface area contributed by atoms with Crippen molar-refractivity contribution in [3.63, 3.8) is 0 Å². The number of carbonyl (C=O) groups excluding carboxylic acids is 1. The zero-order valence-electron chi connectivity index (χ0n) is 11.6. The first-order chi connectivity index (χ1) is 8.54. The van der Waals surface area contributed by atoms with E-state index < -0.39 is 0 Å². The fourth-order valence-corrected chi connectivity index (χ4v) is 1.62. The zero-order valence-corrected chi connectivity index (χ0v) is 11.6. The third kappa shape index (κ3) is 4.24. The van der Waals surface area contributed by atoms with Gasteiger partial charge in [0, 0.05) is 25.2 Å². The number of benzene rings is 1. The Kier molecular flexibility index (Phi) is 5.43. The number of nitrogens with zero attached hydrogens (tertiary/aromatic N) is 1. The Labute approximate surface area is 109 Å². The lowest BCUT2D eigenvalue weighted by Gasteiger charge is -2.18. The molecule has 0 spiro atoms. The van der Waals surface area contributed by atoms with Gasteiger partial charge in [-0.25, -0.2) is 0 Å². The third-order valence-corrected chi connectivity index (χ3v) is 2.47. The van der Waals surface area contributed by atoms with E-state index in [4.69, 9.17) is 4.74 Å². The number of para-hydroxylation sites is 1. The summed E-state index contributed by atoms with van der Waals surface area (Å²) in [7, 11) is 1.80. The average Bonchev–Trinajstić information content (AvgIpc) is 2.31. The van der Waals surface area contributed by atoms with E-state index in [1.165, 1.54) is 0 Å². The summed E-state index contributed by atoms with van der Waals surface area (Å²) in [5.41, 5.74) is 2.03. The summed E-state index contributed by atoms with van der Waals surface area (Å²) in [6.07, 6.45) is 1.64. The first-order valence-corrected chi connectivity index (χ1v) is 6.15. The van der Waals surface area contributed by atoms with Crippen LogP contribution in [0.2, 0.25) is 0 Å². The lowest BCUT2D eigenvalue weighted by atomic mass is 10.2. The summed E-state index contributed by atoms with van der Waals surface area (Å²) in [5, 5.41) is 0. The Balaban J connectivity index is 2.78. The molecule has 1 aromatic carbocycles. The minimum Gasteiger partial charge on any atom is -0.494 e. The van der Waals surface area contributed by atoms with E-state index in [1.54, 1.807) is 18.0 Å². The minimum atomic E-state index is 0.0151. The number of ether oxygens (including phenoxy) is 1. The van der Waals surface area contributed by atoms with Crippen molar-refractivity contribution >= 4 is 5.91 Å². The molecule has 0 atom stereocenters. The van der Waals surface area contributed by atoms with Crippen LogP contribution in [0.4, 0.5) is 0 Å². The molecule has 3 heteroatoms. The van der Waals surface area contributed by atoms with Crippen LogP contribution >= 0.6 is 0 Å².